The number of aryl methyl sites for hydroxylation is 1. The van der Waals surface area contributed by atoms with Crippen LogP contribution < -0.4 is 0 Å². The molecule has 0 radical (unpaired) electrons. The molecule has 0 heterocycles. The lowest BCUT2D eigenvalue weighted by atomic mass is 10.1. The van der Waals surface area contributed by atoms with Crippen LogP contribution in [0.15, 0.2) is 30.3 Å². The molecule has 2 atom stereocenters. The molecule has 0 saturated heterocycles. The number of benzene rings is 1. The molecule has 1 N–H and O–H groups in total. The first-order chi connectivity index (χ1) is 6.74. The van der Waals surface area contributed by atoms with Gasteiger partial charge in [-0.05, 0) is 18.4 Å². The number of hydrogen-bond donors (Lipinski definition) is 1. The molecule has 1 rings (SSSR count). The quantitative estimate of drug-likeness (QED) is 0.821. The van der Waals surface area contributed by atoms with Crippen molar-refractivity contribution in [2.24, 2.45) is 0 Å². The predicted molar refractivity (Wildman–Crippen MR) is 64.2 cm³/mol. The van der Waals surface area contributed by atoms with Gasteiger partial charge in [-0.3, -0.25) is 0 Å². The zero-order valence-corrected chi connectivity index (χ0v) is 10.2. The summed E-state index contributed by atoms with van der Waals surface area (Å²) < 4.78 is 0. The molecule has 1 aromatic carbocycles. The molecule has 1 aromatic rings. The van der Waals surface area contributed by atoms with E-state index in [1.54, 1.807) is 0 Å². The Kier molecular flexibility index (Phi) is 5.53. The Hall–Kier alpha value is -0.0500. The van der Waals surface area contributed by atoms with Crippen molar-refractivity contribution in [3.05, 3.63) is 35.9 Å². The summed E-state index contributed by atoms with van der Waals surface area (Å²) in [5.74, 6) is 0. The third kappa shape index (κ3) is 3.99. The fourth-order valence-electron chi connectivity index (χ4n) is 1.24. The number of rotatable bonds is 5. The minimum Gasteiger partial charge on any atom is -0.395 e. The monoisotopic (exact) mass is 276 g/mol. The number of halogens is 2. The lowest BCUT2D eigenvalue weighted by molar-refractivity contribution is 0.292. The van der Waals surface area contributed by atoms with Gasteiger partial charge in [-0.2, -0.15) is 0 Å². The predicted octanol–water partition coefficient (Wildman–Crippen LogP) is 2.98. The summed E-state index contributed by atoms with van der Waals surface area (Å²) in [5, 5.41) is 8.86. The average molecular weight is 278 g/mol. The Labute approximate surface area is 98.2 Å². The molecule has 1 nitrogen and oxygen atoms in total. The molecule has 0 fully saturated rings. The Balaban J connectivity index is 2.34. The summed E-state index contributed by atoms with van der Waals surface area (Å²) in [6, 6.07) is 10.2. The summed E-state index contributed by atoms with van der Waals surface area (Å²) in [7, 11) is 0. The van der Waals surface area contributed by atoms with Crippen LogP contribution in [0.5, 0.6) is 0 Å². The molecule has 0 aliphatic heterocycles. The van der Waals surface area contributed by atoms with Crippen LogP contribution in [0.1, 0.15) is 12.0 Å². The largest absolute Gasteiger partial charge is 0.395 e. The van der Waals surface area contributed by atoms with Crippen molar-refractivity contribution in [3.63, 3.8) is 0 Å². The highest BCUT2D eigenvalue weighted by atomic mass is 79.9. The van der Waals surface area contributed by atoms with Gasteiger partial charge in [0.15, 0.2) is 0 Å². The average Bonchev–Trinajstić information content (AvgIpc) is 2.26. The molecule has 14 heavy (non-hydrogen) atoms. The van der Waals surface area contributed by atoms with Gasteiger partial charge in [0.2, 0.25) is 0 Å². The van der Waals surface area contributed by atoms with Crippen molar-refractivity contribution in [3.8, 4) is 0 Å². The maximum absolute atomic E-state index is 8.87. The molecule has 0 aromatic heterocycles. The number of aliphatic hydroxyl groups excluding tert-OH is 1. The zero-order valence-electron chi connectivity index (χ0n) is 7.87. The second kappa shape index (κ2) is 6.44. The van der Waals surface area contributed by atoms with E-state index in [9.17, 15) is 0 Å². The van der Waals surface area contributed by atoms with Crippen molar-refractivity contribution >= 4 is 27.5 Å². The normalized spacial score (nSPS) is 15.1. The second-order valence-electron chi connectivity index (χ2n) is 3.24. The molecule has 0 aliphatic rings. The minimum absolute atomic E-state index is 0.00659. The molecule has 0 amide bonds. The standard InChI is InChI=1S/C11H14BrClO/c12-10(8-14)11(13)7-6-9-4-2-1-3-5-9/h1-5,10-11,14H,6-8H2/t10-,11+/m0/s1. The van der Waals surface area contributed by atoms with Gasteiger partial charge < -0.3 is 5.11 Å². The first-order valence-electron chi connectivity index (χ1n) is 4.67. The van der Waals surface area contributed by atoms with Crippen molar-refractivity contribution in [1.29, 1.82) is 0 Å². The molecule has 3 heteroatoms. The fraction of sp³-hybridized carbons (Fsp3) is 0.455. The number of alkyl halides is 2. The molecule has 0 aliphatic carbocycles. The SMILES string of the molecule is OC[C@H](Br)[C@H](Cl)CCc1ccccc1. The highest BCUT2D eigenvalue weighted by Gasteiger charge is 2.14. The smallest absolute Gasteiger partial charge is 0.0570 e. The van der Waals surface area contributed by atoms with E-state index in [4.69, 9.17) is 16.7 Å². The van der Waals surface area contributed by atoms with Crippen LogP contribution in [-0.2, 0) is 6.42 Å². The van der Waals surface area contributed by atoms with Crippen LogP contribution in [-0.4, -0.2) is 21.9 Å². The Morgan fingerprint density at radius 2 is 1.93 bits per heavy atom. The molecular weight excluding hydrogens is 263 g/mol. The van der Waals surface area contributed by atoms with E-state index >= 15 is 0 Å². The lowest BCUT2D eigenvalue weighted by Gasteiger charge is -2.13. The van der Waals surface area contributed by atoms with E-state index < -0.39 is 0 Å². The molecule has 0 unspecified atom stereocenters. The highest BCUT2D eigenvalue weighted by Crippen LogP contribution is 2.17. The van der Waals surface area contributed by atoms with Crippen LogP contribution in [0.25, 0.3) is 0 Å². The third-order valence-electron chi connectivity index (χ3n) is 2.12. The maximum Gasteiger partial charge on any atom is 0.0570 e. The first-order valence-corrected chi connectivity index (χ1v) is 6.02. The van der Waals surface area contributed by atoms with Crippen LogP contribution >= 0.6 is 27.5 Å². The summed E-state index contributed by atoms with van der Waals surface area (Å²) in [6.45, 7) is 0.0863. The van der Waals surface area contributed by atoms with Gasteiger partial charge in [0.05, 0.1) is 11.4 Å². The lowest BCUT2D eigenvalue weighted by Crippen LogP contribution is -2.19. The Bertz CT molecular complexity index is 253. The summed E-state index contributed by atoms with van der Waals surface area (Å²) in [4.78, 5) is -0.00659. The van der Waals surface area contributed by atoms with Gasteiger partial charge in [0.25, 0.3) is 0 Å². The van der Waals surface area contributed by atoms with Gasteiger partial charge in [0, 0.05) is 5.38 Å². The van der Waals surface area contributed by atoms with Crippen LogP contribution in [0, 0.1) is 0 Å². The highest BCUT2D eigenvalue weighted by molar-refractivity contribution is 9.09. The van der Waals surface area contributed by atoms with Crippen molar-refractivity contribution in [2.75, 3.05) is 6.61 Å². The van der Waals surface area contributed by atoms with Crippen LogP contribution in [0.4, 0.5) is 0 Å². The zero-order chi connectivity index (χ0) is 10.4. The summed E-state index contributed by atoms with van der Waals surface area (Å²) in [6.07, 6.45) is 1.83. The summed E-state index contributed by atoms with van der Waals surface area (Å²) in [5.41, 5.74) is 1.29. The first kappa shape index (κ1) is 12.0. The number of aliphatic hydroxyl groups is 1. The molecule has 0 saturated carbocycles. The van der Waals surface area contributed by atoms with Gasteiger partial charge in [0.1, 0.15) is 0 Å². The van der Waals surface area contributed by atoms with Gasteiger partial charge in [-0.25, -0.2) is 0 Å². The maximum atomic E-state index is 8.87. The van der Waals surface area contributed by atoms with Crippen molar-refractivity contribution in [1.82, 2.24) is 0 Å². The number of hydrogen-bond acceptors (Lipinski definition) is 1. The van der Waals surface area contributed by atoms with E-state index in [1.807, 2.05) is 18.2 Å². The molecule has 0 bridgehead atoms. The van der Waals surface area contributed by atoms with E-state index in [1.165, 1.54) is 5.56 Å². The van der Waals surface area contributed by atoms with E-state index in [-0.39, 0.29) is 16.8 Å². The van der Waals surface area contributed by atoms with Crippen LogP contribution in [0.2, 0.25) is 0 Å². The fourth-order valence-corrected chi connectivity index (χ4v) is 1.70. The van der Waals surface area contributed by atoms with E-state index in [0.717, 1.165) is 12.8 Å². The third-order valence-corrected chi connectivity index (χ3v) is 3.87. The van der Waals surface area contributed by atoms with E-state index in [2.05, 4.69) is 28.1 Å². The minimum atomic E-state index is -0.0137. The molecular formula is C11H14BrClO. The second-order valence-corrected chi connectivity index (χ2v) is 4.98. The topological polar surface area (TPSA) is 20.2 Å². The van der Waals surface area contributed by atoms with E-state index in [0.29, 0.717) is 0 Å². The molecule has 0 spiro atoms. The van der Waals surface area contributed by atoms with Crippen molar-refractivity contribution in [2.45, 2.75) is 23.0 Å². The van der Waals surface area contributed by atoms with Gasteiger partial charge in [-0.1, -0.05) is 46.3 Å². The molecule has 78 valence electrons. The Morgan fingerprint density at radius 3 is 2.50 bits per heavy atom. The van der Waals surface area contributed by atoms with Crippen LogP contribution in [0.3, 0.4) is 0 Å². The van der Waals surface area contributed by atoms with Gasteiger partial charge >= 0.3 is 0 Å². The van der Waals surface area contributed by atoms with Crippen molar-refractivity contribution < 1.29 is 5.11 Å². The Morgan fingerprint density at radius 1 is 1.29 bits per heavy atom. The van der Waals surface area contributed by atoms with Gasteiger partial charge in [-0.15, -0.1) is 11.6 Å². The summed E-state index contributed by atoms with van der Waals surface area (Å²) >= 11 is 9.41.